The number of hydrogen-bond acceptors (Lipinski definition) is 7. The van der Waals surface area contributed by atoms with Crippen LogP contribution in [0.1, 0.15) is 60.3 Å². The largest absolute Gasteiger partial charge is 0.414 e. The van der Waals surface area contributed by atoms with Gasteiger partial charge in [-0.1, -0.05) is 41.5 Å². The normalized spacial score (nSPS) is 24.5. The number of H-pyrrole nitrogens is 1. The average Bonchev–Trinajstić information content (AvgIpc) is 2.93. The summed E-state index contributed by atoms with van der Waals surface area (Å²) in [5.41, 5.74) is -1.35. The van der Waals surface area contributed by atoms with Crippen LogP contribution in [0.2, 0.25) is 36.3 Å². The Bertz CT molecular complexity index is 1020. The molecule has 194 valence electrons. The van der Waals surface area contributed by atoms with E-state index in [9.17, 15) is 14.7 Å². The van der Waals surface area contributed by atoms with Gasteiger partial charge in [0.15, 0.2) is 22.9 Å². The molecule has 4 atom stereocenters. The van der Waals surface area contributed by atoms with Crippen molar-refractivity contribution in [3.8, 4) is 0 Å². The summed E-state index contributed by atoms with van der Waals surface area (Å²) >= 11 is 0. The predicted molar refractivity (Wildman–Crippen MR) is 139 cm³/mol. The molecule has 2 rings (SSSR count). The standard InChI is InChI=1S/C23H43N3O6Si2/c1-14(24)15-12-25-21(29)26(19(15)28)20-17(27)18(32-34(10,11)23(5,6)7)16(31-20)13-30-33(8,9)22(2,3)4/h12,16-18,20,24,27H,13H2,1-11H3,(H,25,29)/t16-,17+,18-,20-/m1/s1. The zero-order chi connectivity index (χ0) is 26.4. The van der Waals surface area contributed by atoms with Crippen LogP contribution in [0.3, 0.4) is 0 Å². The van der Waals surface area contributed by atoms with Crippen LogP contribution in [0.25, 0.3) is 0 Å². The van der Waals surface area contributed by atoms with Crippen LogP contribution >= 0.6 is 0 Å². The molecule has 1 fully saturated rings. The first-order valence-electron chi connectivity index (χ1n) is 11.8. The maximum atomic E-state index is 13.0. The second-order valence-corrected chi connectivity index (χ2v) is 21.8. The van der Waals surface area contributed by atoms with Crippen molar-refractivity contribution in [3.63, 3.8) is 0 Å². The van der Waals surface area contributed by atoms with Gasteiger partial charge in [-0.3, -0.25) is 4.79 Å². The van der Waals surface area contributed by atoms with E-state index >= 15 is 0 Å². The van der Waals surface area contributed by atoms with Crippen molar-refractivity contribution >= 4 is 22.3 Å². The Balaban J connectivity index is 2.50. The highest BCUT2D eigenvalue weighted by Gasteiger charge is 2.51. The van der Waals surface area contributed by atoms with Crippen molar-refractivity contribution in [2.24, 2.45) is 0 Å². The Morgan fingerprint density at radius 3 is 2.12 bits per heavy atom. The fourth-order valence-electron chi connectivity index (χ4n) is 3.22. The maximum absolute atomic E-state index is 13.0. The number of aliphatic hydroxyl groups excluding tert-OH is 1. The number of nitrogens with zero attached hydrogens (tertiary/aromatic N) is 1. The Labute approximate surface area is 204 Å². The molecule has 0 radical (unpaired) electrons. The molecule has 34 heavy (non-hydrogen) atoms. The molecule has 0 amide bonds. The van der Waals surface area contributed by atoms with E-state index in [1.807, 2.05) is 0 Å². The molecular weight excluding hydrogens is 470 g/mol. The van der Waals surface area contributed by atoms with Crippen molar-refractivity contribution in [2.75, 3.05) is 6.61 Å². The molecule has 0 saturated carbocycles. The molecule has 0 spiro atoms. The van der Waals surface area contributed by atoms with Gasteiger partial charge in [0.1, 0.15) is 18.3 Å². The van der Waals surface area contributed by atoms with Crippen molar-refractivity contribution in [3.05, 3.63) is 32.6 Å². The second kappa shape index (κ2) is 9.59. The molecule has 1 aliphatic heterocycles. The third-order valence-electron chi connectivity index (χ3n) is 7.63. The molecule has 2 heterocycles. The minimum Gasteiger partial charge on any atom is -0.414 e. The Hall–Kier alpha value is -1.38. The molecule has 0 bridgehead atoms. The summed E-state index contributed by atoms with van der Waals surface area (Å²) in [5, 5.41) is 19.0. The molecule has 9 nitrogen and oxygen atoms in total. The first-order chi connectivity index (χ1) is 15.2. The molecular formula is C23H43N3O6Si2. The Morgan fingerprint density at radius 2 is 1.65 bits per heavy atom. The van der Waals surface area contributed by atoms with Gasteiger partial charge in [0.2, 0.25) is 0 Å². The van der Waals surface area contributed by atoms with Gasteiger partial charge >= 0.3 is 5.69 Å². The first-order valence-corrected chi connectivity index (χ1v) is 17.6. The zero-order valence-corrected chi connectivity index (χ0v) is 24.5. The smallest absolute Gasteiger partial charge is 0.330 e. The summed E-state index contributed by atoms with van der Waals surface area (Å²) in [7, 11) is -4.48. The molecule has 1 aliphatic rings. The van der Waals surface area contributed by atoms with Crippen LogP contribution in [0.15, 0.2) is 15.8 Å². The van der Waals surface area contributed by atoms with Crippen molar-refractivity contribution < 1.29 is 18.7 Å². The number of aromatic nitrogens is 2. The number of aliphatic hydroxyl groups is 1. The summed E-state index contributed by atoms with van der Waals surface area (Å²) in [6.45, 7) is 22.8. The van der Waals surface area contributed by atoms with Crippen LogP contribution in [0, 0.1) is 5.41 Å². The lowest BCUT2D eigenvalue weighted by Crippen LogP contribution is -2.51. The molecule has 0 aromatic carbocycles. The van der Waals surface area contributed by atoms with Gasteiger partial charge in [0, 0.05) is 11.9 Å². The lowest BCUT2D eigenvalue weighted by atomic mass is 10.1. The van der Waals surface area contributed by atoms with Crippen molar-refractivity contribution in [1.29, 1.82) is 5.41 Å². The summed E-state index contributed by atoms with van der Waals surface area (Å²) in [6, 6.07) is 0. The lowest BCUT2D eigenvalue weighted by molar-refractivity contribution is -0.0544. The van der Waals surface area contributed by atoms with Crippen molar-refractivity contribution in [2.45, 2.75) is 109 Å². The summed E-state index contributed by atoms with van der Waals surface area (Å²) < 4.78 is 20.0. The molecule has 1 aromatic heterocycles. The number of rotatable bonds is 7. The predicted octanol–water partition coefficient (Wildman–Crippen LogP) is 3.59. The number of ether oxygens (including phenoxy) is 1. The fraction of sp³-hybridized carbons (Fsp3) is 0.783. The van der Waals surface area contributed by atoms with E-state index in [4.69, 9.17) is 19.0 Å². The zero-order valence-electron chi connectivity index (χ0n) is 22.5. The topological polar surface area (TPSA) is 127 Å². The van der Waals surface area contributed by atoms with E-state index in [1.54, 1.807) is 0 Å². The van der Waals surface area contributed by atoms with E-state index in [1.165, 1.54) is 13.1 Å². The van der Waals surface area contributed by atoms with E-state index in [0.29, 0.717) is 0 Å². The molecule has 0 unspecified atom stereocenters. The number of nitrogens with one attached hydrogen (secondary N) is 2. The average molecular weight is 514 g/mol. The Morgan fingerprint density at radius 1 is 1.12 bits per heavy atom. The van der Waals surface area contributed by atoms with Gasteiger partial charge in [-0.25, -0.2) is 9.36 Å². The van der Waals surface area contributed by atoms with Gasteiger partial charge < -0.3 is 29.1 Å². The SMILES string of the molecule is CC(=N)c1c[nH]c(=O)n([C@@H]2O[C@H](CO[Si](C)(C)C(C)(C)C)[C@@H](O[Si](C)(C)C(C)(C)C)[C@@H]2O)c1=O. The highest BCUT2D eigenvalue weighted by Crippen LogP contribution is 2.42. The van der Waals surface area contributed by atoms with E-state index in [2.05, 4.69) is 72.7 Å². The van der Waals surface area contributed by atoms with Gasteiger partial charge in [-0.2, -0.15) is 0 Å². The number of hydrogen-bond donors (Lipinski definition) is 3. The highest BCUT2D eigenvalue weighted by atomic mass is 28.4. The molecule has 1 aromatic rings. The van der Waals surface area contributed by atoms with Gasteiger partial charge in [0.05, 0.1) is 12.2 Å². The molecule has 3 N–H and O–H groups in total. The minimum absolute atomic E-state index is 0.00868. The quantitative estimate of drug-likeness (QED) is 0.378. The highest BCUT2D eigenvalue weighted by molar-refractivity contribution is 6.74. The summed E-state index contributed by atoms with van der Waals surface area (Å²) in [4.78, 5) is 28.2. The third kappa shape index (κ3) is 5.71. The van der Waals surface area contributed by atoms with E-state index in [-0.39, 0.29) is 28.0 Å². The van der Waals surface area contributed by atoms with Crippen LogP contribution in [0.4, 0.5) is 0 Å². The first kappa shape index (κ1) is 28.9. The molecule has 1 saturated heterocycles. The van der Waals surface area contributed by atoms with Gasteiger partial charge in [-0.05, 0) is 43.2 Å². The molecule has 0 aliphatic carbocycles. The monoisotopic (exact) mass is 513 g/mol. The maximum Gasteiger partial charge on any atom is 0.330 e. The van der Waals surface area contributed by atoms with E-state index in [0.717, 1.165) is 4.57 Å². The van der Waals surface area contributed by atoms with Crippen LogP contribution in [0.5, 0.6) is 0 Å². The van der Waals surface area contributed by atoms with Crippen LogP contribution < -0.4 is 11.2 Å². The lowest BCUT2D eigenvalue weighted by Gasteiger charge is -2.41. The second-order valence-electron chi connectivity index (χ2n) is 12.3. The van der Waals surface area contributed by atoms with Gasteiger partial charge in [-0.15, -0.1) is 0 Å². The van der Waals surface area contributed by atoms with Crippen LogP contribution in [-0.2, 0) is 13.6 Å². The third-order valence-corrected chi connectivity index (χ3v) is 16.6. The van der Waals surface area contributed by atoms with E-state index < -0.39 is 52.4 Å². The van der Waals surface area contributed by atoms with Gasteiger partial charge in [0.25, 0.3) is 5.56 Å². The number of aromatic amines is 1. The molecule has 11 heteroatoms. The minimum atomic E-state index is -2.34. The summed E-state index contributed by atoms with van der Waals surface area (Å²) in [6.07, 6.45) is -2.74. The Kier molecular flexibility index (Phi) is 8.14. The fourth-order valence-corrected chi connectivity index (χ4v) is 5.56. The summed E-state index contributed by atoms with van der Waals surface area (Å²) in [5.74, 6) is 0. The van der Waals surface area contributed by atoms with Crippen LogP contribution in [-0.4, -0.2) is 61.9 Å². The van der Waals surface area contributed by atoms with Crippen molar-refractivity contribution in [1.82, 2.24) is 9.55 Å².